The first kappa shape index (κ1) is 39.6. The fourth-order valence-electron chi connectivity index (χ4n) is 4.77. The maximum Gasteiger partial charge on any atom is 0.490 e. The molecule has 0 atom stereocenters. The zero-order valence-corrected chi connectivity index (χ0v) is 24.8. The Balaban J connectivity index is 0.000000313. The van der Waals surface area contributed by atoms with Crippen molar-refractivity contribution in [1.29, 1.82) is 0 Å². The number of carboxylic acids is 3. The number of piperidine rings is 1. The molecule has 2 aliphatic heterocycles. The molecule has 11 nitrogen and oxygen atoms in total. The predicted octanol–water partition coefficient (Wildman–Crippen LogP) is 5.48. The smallest absolute Gasteiger partial charge is 0.475 e. The molecule has 3 aromatic rings. The van der Waals surface area contributed by atoms with Crippen LogP contribution < -0.4 is 0 Å². The summed E-state index contributed by atoms with van der Waals surface area (Å²) in [6, 6.07) is 12.7. The van der Waals surface area contributed by atoms with E-state index in [4.69, 9.17) is 39.1 Å². The molecule has 2 aromatic heterocycles. The Bertz CT molecular complexity index is 1420. The van der Waals surface area contributed by atoms with Crippen LogP contribution in [0.3, 0.4) is 0 Å². The van der Waals surface area contributed by atoms with Crippen molar-refractivity contribution in [3.05, 3.63) is 66.5 Å². The van der Waals surface area contributed by atoms with Crippen molar-refractivity contribution < 1.29 is 73.6 Å². The molecule has 20 heteroatoms. The second-order valence-corrected chi connectivity index (χ2v) is 10.3. The largest absolute Gasteiger partial charge is 0.490 e. The summed E-state index contributed by atoms with van der Waals surface area (Å²) >= 11 is 0. The van der Waals surface area contributed by atoms with Crippen molar-refractivity contribution in [2.75, 3.05) is 26.7 Å². The molecule has 0 bridgehead atoms. The standard InChI is InChI=1S/C22H26N4O.3C2HF3O2/c1-24-12-13-26-20(19-5-3-2-4-6-19)15-23-21(26)22(24)8-10-25(11-9-22)16-18-7-14-27-17-18;3*3-2(4,5)1(6)7/h2-7,14-15,17H,8-13,16H2,1H3;3*(H,6,7). The van der Waals surface area contributed by atoms with Crippen molar-refractivity contribution >= 4 is 17.9 Å². The Kier molecular flexibility index (Phi) is 13.2. The summed E-state index contributed by atoms with van der Waals surface area (Å²) < 4.78 is 103. The molecule has 4 heterocycles. The number of hydrogen-bond acceptors (Lipinski definition) is 7. The van der Waals surface area contributed by atoms with E-state index in [0.717, 1.165) is 45.6 Å². The lowest BCUT2D eigenvalue weighted by atomic mass is 9.83. The van der Waals surface area contributed by atoms with Crippen LogP contribution in [0.15, 0.2) is 59.5 Å². The number of imidazole rings is 1. The monoisotopic (exact) mass is 704 g/mol. The molecule has 0 aliphatic carbocycles. The highest BCUT2D eigenvalue weighted by molar-refractivity contribution is 5.73. The summed E-state index contributed by atoms with van der Waals surface area (Å²) in [6.45, 7) is 5.23. The third kappa shape index (κ3) is 11.0. The lowest BCUT2D eigenvalue weighted by molar-refractivity contribution is -0.193. The van der Waals surface area contributed by atoms with Gasteiger partial charge in [0.15, 0.2) is 0 Å². The number of likely N-dealkylation sites (N-methyl/N-ethyl adjacent to an activating group) is 1. The van der Waals surface area contributed by atoms with Gasteiger partial charge in [-0.1, -0.05) is 30.3 Å². The first-order chi connectivity index (χ1) is 22.1. The number of likely N-dealkylation sites (tertiary alicyclic amines) is 1. The van der Waals surface area contributed by atoms with Gasteiger partial charge in [-0.25, -0.2) is 19.4 Å². The number of nitrogens with zero attached hydrogens (tertiary/aromatic N) is 4. The van der Waals surface area contributed by atoms with Crippen molar-refractivity contribution in [3.63, 3.8) is 0 Å². The van der Waals surface area contributed by atoms with Crippen LogP contribution in [0.1, 0.15) is 24.2 Å². The number of furan rings is 1. The molecule has 266 valence electrons. The van der Waals surface area contributed by atoms with Gasteiger partial charge in [-0.2, -0.15) is 39.5 Å². The maximum atomic E-state index is 10.6. The number of fused-ring (bicyclic) bond motifs is 2. The zero-order valence-electron chi connectivity index (χ0n) is 24.8. The van der Waals surface area contributed by atoms with Crippen molar-refractivity contribution in [1.82, 2.24) is 19.4 Å². The normalized spacial score (nSPS) is 16.2. The van der Waals surface area contributed by atoms with Crippen LogP contribution in [0.2, 0.25) is 0 Å². The van der Waals surface area contributed by atoms with Gasteiger partial charge in [-0.05, 0) is 31.5 Å². The third-order valence-electron chi connectivity index (χ3n) is 7.13. The van der Waals surface area contributed by atoms with Gasteiger partial charge in [0, 0.05) is 38.3 Å². The highest BCUT2D eigenvalue weighted by Gasteiger charge is 2.45. The van der Waals surface area contributed by atoms with Gasteiger partial charge < -0.3 is 24.3 Å². The minimum Gasteiger partial charge on any atom is -0.475 e. The second kappa shape index (κ2) is 16.0. The highest BCUT2D eigenvalue weighted by Crippen LogP contribution is 2.41. The quantitative estimate of drug-likeness (QED) is 0.300. The Morgan fingerprint density at radius 3 is 1.69 bits per heavy atom. The zero-order chi connectivity index (χ0) is 36.5. The summed E-state index contributed by atoms with van der Waals surface area (Å²) in [6.07, 6.45) is -7.32. The van der Waals surface area contributed by atoms with E-state index in [2.05, 4.69) is 64.0 Å². The molecule has 0 amide bonds. The molecule has 5 rings (SSSR count). The fourth-order valence-corrected chi connectivity index (χ4v) is 4.77. The van der Waals surface area contributed by atoms with E-state index in [1.807, 2.05) is 6.26 Å². The van der Waals surface area contributed by atoms with Crippen molar-refractivity contribution in [2.45, 2.75) is 50.0 Å². The van der Waals surface area contributed by atoms with Crippen molar-refractivity contribution in [3.8, 4) is 11.3 Å². The number of aliphatic carboxylic acids is 3. The molecule has 1 saturated heterocycles. The Morgan fingerprint density at radius 2 is 1.27 bits per heavy atom. The van der Waals surface area contributed by atoms with E-state index in [1.54, 1.807) is 6.26 Å². The van der Waals surface area contributed by atoms with Gasteiger partial charge in [0.25, 0.3) is 0 Å². The Labute approximate surface area is 265 Å². The van der Waals surface area contributed by atoms with Gasteiger partial charge in [0.1, 0.15) is 5.82 Å². The molecule has 1 fully saturated rings. The molecule has 0 unspecified atom stereocenters. The summed E-state index contributed by atoms with van der Waals surface area (Å²) in [5, 5.41) is 21.4. The van der Waals surface area contributed by atoms with Crippen LogP contribution in [0.4, 0.5) is 39.5 Å². The summed E-state index contributed by atoms with van der Waals surface area (Å²) in [5.41, 5.74) is 3.82. The van der Waals surface area contributed by atoms with Gasteiger partial charge in [-0.3, -0.25) is 9.80 Å². The molecule has 0 radical (unpaired) electrons. The first-order valence-corrected chi connectivity index (χ1v) is 13.6. The van der Waals surface area contributed by atoms with E-state index in [0.29, 0.717) is 0 Å². The lowest BCUT2D eigenvalue weighted by Gasteiger charge is -2.49. The molecule has 2 aliphatic rings. The van der Waals surface area contributed by atoms with Gasteiger partial charge >= 0.3 is 36.4 Å². The van der Waals surface area contributed by atoms with E-state index in [-0.39, 0.29) is 5.54 Å². The van der Waals surface area contributed by atoms with E-state index in [1.165, 1.54) is 22.6 Å². The van der Waals surface area contributed by atoms with Gasteiger partial charge in [0.2, 0.25) is 0 Å². The van der Waals surface area contributed by atoms with E-state index in [9.17, 15) is 39.5 Å². The second-order valence-electron chi connectivity index (χ2n) is 10.3. The molecule has 48 heavy (non-hydrogen) atoms. The van der Waals surface area contributed by atoms with Crippen LogP contribution in [0, 0.1) is 0 Å². The van der Waals surface area contributed by atoms with E-state index < -0.39 is 36.4 Å². The molecule has 3 N–H and O–H groups in total. The van der Waals surface area contributed by atoms with Crippen LogP contribution in [0.25, 0.3) is 11.3 Å². The molecular weight excluding hydrogens is 675 g/mol. The molecule has 1 spiro atoms. The van der Waals surface area contributed by atoms with Crippen LogP contribution in [-0.2, 0) is 33.0 Å². The minimum absolute atomic E-state index is 0.0537. The average Bonchev–Trinajstić information content (AvgIpc) is 3.67. The van der Waals surface area contributed by atoms with Gasteiger partial charge in [0.05, 0.1) is 30.0 Å². The first-order valence-electron chi connectivity index (χ1n) is 13.6. The van der Waals surface area contributed by atoms with Gasteiger partial charge in [-0.15, -0.1) is 0 Å². The average molecular weight is 705 g/mol. The summed E-state index contributed by atoms with van der Waals surface area (Å²) in [4.78, 5) is 36.7. The lowest BCUT2D eigenvalue weighted by Crippen LogP contribution is -2.56. The number of hydrogen-bond donors (Lipinski definition) is 3. The SMILES string of the molecule is CN1CCn2c(-c3ccccc3)cnc2C12CCN(Cc1ccoc1)CC2.O=C(O)C(F)(F)F.O=C(O)C(F)(F)F.O=C(O)C(F)(F)F. The minimum atomic E-state index is -5.08. The van der Waals surface area contributed by atoms with Crippen molar-refractivity contribution in [2.24, 2.45) is 0 Å². The number of carbonyl (C=O) groups is 3. The Morgan fingerprint density at radius 1 is 0.792 bits per heavy atom. The number of alkyl halides is 9. The topological polar surface area (TPSA) is 149 Å². The Hall–Kier alpha value is -4.59. The summed E-state index contributed by atoms with van der Waals surface area (Å²) in [5.74, 6) is -7.02. The predicted molar refractivity (Wildman–Crippen MR) is 146 cm³/mol. The van der Waals surface area contributed by atoms with Crippen LogP contribution in [0.5, 0.6) is 0 Å². The molecular formula is C28H29F9N4O7. The third-order valence-corrected chi connectivity index (χ3v) is 7.13. The molecule has 0 saturated carbocycles. The number of benzene rings is 1. The highest BCUT2D eigenvalue weighted by atomic mass is 19.4. The summed E-state index contributed by atoms with van der Waals surface area (Å²) in [7, 11) is 2.27. The number of rotatable bonds is 3. The molecule has 1 aromatic carbocycles. The fraction of sp³-hybridized carbons (Fsp3) is 0.429. The number of carboxylic acid groups (broad SMARTS) is 3. The maximum absolute atomic E-state index is 10.6. The number of halogens is 9. The van der Waals surface area contributed by atoms with Crippen LogP contribution >= 0.6 is 0 Å². The van der Waals surface area contributed by atoms with Crippen LogP contribution in [-0.4, -0.2) is 97.8 Å². The van der Waals surface area contributed by atoms with E-state index >= 15 is 0 Å². The number of aromatic nitrogens is 2.